The van der Waals surface area contributed by atoms with Gasteiger partial charge in [0.15, 0.2) is 5.82 Å². The van der Waals surface area contributed by atoms with Gasteiger partial charge in [-0.2, -0.15) is 10.2 Å². The predicted molar refractivity (Wildman–Crippen MR) is 148 cm³/mol. The molecule has 0 radical (unpaired) electrons. The van der Waals surface area contributed by atoms with Crippen LogP contribution < -0.4 is 4.74 Å². The molecule has 0 saturated heterocycles. The quantitative estimate of drug-likeness (QED) is 0.354. The number of pyridine rings is 1. The van der Waals surface area contributed by atoms with Crippen molar-refractivity contribution in [3.63, 3.8) is 0 Å². The molecule has 0 saturated carbocycles. The summed E-state index contributed by atoms with van der Waals surface area (Å²) in [5.74, 6) is -0.563. The second kappa shape index (κ2) is 12.4. The van der Waals surface area contributed by atoms with Crippen LogP contribution >= 0.6 is 0 Å². The Morgan fingerprint density at radius 2 is 2.05 bits per heavy atom. The molecule has 1 amide bonds. The number of halogens is 1. The number of hydrogen-bond donors (Lipinski definition) is 0. The Morgan fingerprint density at radius 3 is 2.72 bits per heavy atom. The first kappa shape index (κ1) is 28.2. The number of nitrogens with zero attached hydrogens (tertiary/aromatic N) is 6. The highest BCUT2D eigenvalue weighted by molar-refractivity contribution is 5.79. The molecule has 0 aromatic carbocycles. The standard InChI is InChI=1S/C29H37FN6O3/c1-7-20(5)35(19(3)4)27(37)10-9-22(8-2)34-18-21(16-32-34)28-24-11-13-39-14-12-26(24)36(33-28)23-15-25(30)29(38-6)31-17-23/h8,15-19H,5,7,9-14H2,1-4,6H3/b22-8+. The SMILES string of the molecule is C=C(CC)N(C(=O)CC/C(=C\C)n1cc(-c2nn(-c3cnc(OC)c(F)c3)c3c2CCOCC3)cn1)C(C)C. The number of amides is 1. The third kappa shape index (κ3) is 5.95. The lowest BCUT2D eigenvalue weighted by Crippen LogP contribution is -2.35. The maximum absolute atomic E-state index is 14.5. The van der Waals surface area contributed by atoms with Crippen molar-refractivity contribution in [1.82, 2.24) is 29.4 Å². The van der Waals surface area contributed by atoms with Crippen LogP contribution in [0.15, 0.2) is 43.0 Å². The molecule has 10 heteroatoms. The van der Waals surface area contributed by atoms with E-state index < -0.39 is 5.82 Å². The zero-order chi connectivity index (χ0) is 28.1. The van der Waals surface area contributed by atoms with Crippen molar-refractivity contribution in [3.05, 3.63) is 60.1 Å². The smallest absolute Gasteiger partial charge is 0.250 e. The molecule has 208 valence electrons. The number of methoxy groups -OCH3 is 1. The third-order valence-corrected chi connectivity index (χ3v) is 6.91. The second-order valence-corrected chi connectivity index (χ2v) is 9.71. The van der Waals surface area contributed by atoms with E-state index in [4.69, 9.17) is 14.6 Å². The normalized spacial score (nSPS) is 13.8. The molecule has 0 atom stereocenters. The van der Waals surface area contributed by atoms with Crippen molar-refractivity contribution in [2.24, 2.45) is 0 Å². The topological polar surface area (TPSA) is 87.3 Å². The molecule has 9 nitrogen and oxygen atoms in total. The predicted octanol–water partition coefficient (Wildman–Crippen LogP) is 5.20. The zero-order valence-electron chi connectivity index (χ0n) is 23.4. The Hall–Kier alpha value is -3.79. The Kier molecular flexibility index (Phi) is 8.96. The average molecular weight is 537 g/mol. The van der Waals surface area contributed by atoms with Gasteiger partial charge in [-0.1, -0.05) is 19.6 Å². The molecule has 0 aliphatic carbocycles. The Labute approximate surface area is 228 Å². The highest BCUT2D eigenvalue weighted by Crippen LogP contribution is 2.31. The van der Waals surface area contributed by atoms with Gasteiger partial charge in [0.05, 0.1) is 49.8 Å². The largest absolute Gasteiger partial charge is 0.479 e. The number of allylic oxidation sites excluding steroid dienone is 3. The fraction of sp³-hybridized carbons (Fsp3) is 0.448. The molecule has 39 heavy (non-hydrogen) atoms. The monoisotopic (exact) mass is 536 g/mol. The number of aromatic nitrogens is 5. The Bertz CT molecular complexity index is 1370. The van der Waals surface area contributed by atoms with Gasteiger partial charge in [-0.25, -0.2) is 18.7 Å². The van der Waals surface area contributed by atoms with Gasteiger partial charge in [-0.05, 0) is 40.0 Å². The van der Waals surface area contributed by atoms with E-state index in [1.165, 1.54) is 13.2 Å². The highest BCUT2D eigenvalue weighted by atomic mass is 19.1. The molecule has 0 unspecified atom stereocenters. The molecule has 0 bridgehead atoms. The third-order valence-electron chi connectivity index (χ3n) is 6.91. The highest BCUT2D eigenvalue weighted by Gasteiger charge is 2.24. The molecule has 0 spiro atoms. The van der Waals surface area contributed by atoms with E-state index in [0.29, 0.717) is 44.6 Å². The van der Waals surface area contributed by atoms with Crippen LogP contribution in [-0.4, -0.2) is 61.7 Å². The Morgan fingerprint density at radius 1 is 1.28 bits per heavy atom. The number of ether oxygens (including phenoxy) is 2. The van der Waals surface area contributed by atoms with Crippen LogP contribution in [0.1, 0.15) is 58.2 Å². The summed E-state index contributed by atoms with van der Waals surface area (Å²) >= 11 is 0. The van der Waals surface area contributed by atoms with Crippen molar-refractivity contribution in [1.29, 1.82) is 0 Å². The summed E-state index contributed by atoms with van der Waals surface area (Å²) in [4.78, 5) is 18.9. The number of hydrogen-bond acceptors (Lipinski definition) is 6. The fourth-order valence-corrected chi connectivity index (χ4v) is 4.93. The van der Waals surface area contributed by atoms with Gasteiger partial charge < -0.3 is 14.4 Å². The zero-order valence-corrected chi connectivity index (χ0v) is 23.4. The molecule has 1 aliphatic heterocycles. The average Bonchev–Trinajstić information content (AvgIpc) is 3.46. The molecular formula is C29H37FN6O3. The maximum Gasteiger partial charge on any atom is 0.250 e. The van der Waals surface area contributed by atoms with Crippen molar-refractivity contribution in [2.45, 2.75) is 65.8 Å². The molecular weight excluding hydrogens is 499 g/mol. The van der Waals surface area contributed by atoms with E-state index in [-0.39, 0.29) is 17.8 Å². The number of rotatable bonds is 10. The minimum absolute atomic E-state index is 0.0491. The van der Waals surface area contributed by atoms with Crippen molar-refractivity contribution >= 4 is 11.6 Å². The van der Waals surface area contributed by atoms with Crippen LogP contribution in [0.3, 0.4) is 0 Å². The van der Waals surface area contributed by atoms with Gasteiger partial charge in [0, 0.05) is 53.7 Å². The van der Waals surface area contributed by atoms with Crippen LogP contribution in [0.4, 0.5) is 4.39 Å². The van der Waals surface area contributed by atoms with Gasteiger partial charge in [0.2, 0.25) is 11.8 Å². The first-order chi connectivity index (χ1) is 18.8. The summed E-state index contributed by atoms with van der Waals surface area (Å²) in [7, 11) is 1.38. The van der Waals surface area contributed by atoms with Crippen molar-refractivity contribution in [3.8, 4) is 22.8 Å². The first-order valence-corrected chi connectivity index (χ1v) is 13.4. The van der Waals surface area contributed by atoms with E-state index in [1.807, 2.05) is 40.0 Å². The van der Waals surface area contributed by atoms with Gasteiger partial charge in [-0.3, -0.25) is 4.79 Å². The van der Waals surface area contributed by atoms with Crippen molar-refractivity contribution < 1.29 is 18.7 Å². The number of fused-ring (bicyclic) bond motifs is 1. The van der Waals surface area contributed by atoms with Crippen LogP contribution in [0.2, 0.25) is 0 Å². The number of carbonyl (C=O) groups excluding carboxylic acids is 1. The summed E-state index contributed by atoms with van der Waals surface area (Å²) in [6.07, 6.45) is 10.2. The lowest BCUT2D eigenvalue weighted by Gasteiger charge is -2.28. The second-order valence-electron chi connectivity index (χ2n) is 9.71. The molecule has 0 N–H and O–H groups in total. The van der Waals surface area contributed by atoms with E-state index in [9.17, 15) is 9.18 Å². The van der Waals surface area contributed by atoms with Crippen LogP contribution in [-0.2, 0) is 22.4 Å². The molecule has 3 aromatic heterocycles. The lowest BCUT2D eigenvalue weighted by atomic mass is 10.1. The van der Waals surface area contributed by atoms with Gasteiger partial charge in [0.1, 0.15) is 0 Å². The van der Waals surface area contributed by atoms with Gasteiger partial charge in [0.25, 0.3) is 0 Å². The van der Waals surface area contributed by atoms with Crippen molar-refractivity contribution in [2.75, 3.05) is 20.3 Å². The maximum atomic E-state index is 14.5. The summed E-state index contributed by atoms with van der Waals surface area (Å²) in [5, 5.41) is 9.49. The van der Waals surface area contributed by atoms with E-state index in [2.05, 4.69) is 16.7 Å². The van der Waals surface area contributed by atoms with E-state index >= 15 is 0 Å². The molecule has 4 rings (SSSR count). The molecule has 1 aliphatic rings. The van der Waals surface area contributed by atoms with Gasteiger partial charge in [-0.15, -0.1) is 0 Å². The summed E-state index contributed by atoms with van der Waals surface area (Å²) in [5.41, 5.74) is 5.87. The van der Waals surface area contributed by atoms with E-state index in [1.54, 1.807) is 26.7 Å². The summed E-state index contributed by atoms with van der Waals surface area (Å²) in [6, 6.07) is 1.43. The molecule has 0 fully saturated rings. The Balaban J connectivity index is 1.62. The number of carbonyl (C=O) groups is 1. The summed E-state index contributed by atoms with van der Waals surface area (Å²) < 4.78 is 28.7. The lowest BCUT2D eigenvalue weighted by molar-refractivity contribution is -0.130. The fourth-order valence-electron chi connectivity index (χ4n) is 4.93. The minimum atomic E-state index is -0.552. The molecule has 4 heterocycles. The summed E-state index contributed by atoms with van der Waals surface area (Å²) in [6.45, 7) is 13.1. The van der Waals surface area contributed by atoms with Crippen LogP contribution in [0, 0.1) is 5.82 Å². The van der Waals surface area contributed by atoms with Crippen LogP contribution in [0.25, 0.3) is 22.6 Å². The van der Waals surface area contributed by atoms with E-state index in [0.717, 1.165) is 40.3 Å². The van der Waals surface area contributed by atoms with Crippen LogP contribution in [0.5, 0.6) is 5.88 Å². The molecule has 3 aromatic rings. The minimum Gasteiger partial charge on any atom is -0.479 e. The first-order valence-electron chi connectivity index (χ1n) is 13.4. The van der Waals surface area contributed by atoms with Gasteiger partial charge >= 0.3 is 0 Å².